The van der Waals surface area contributed by atoms with Gasteiger partial charge in [0.25, 0.3) is 0 Å². The van der Waals surface area contributed by atoms with Crippen LogP contribution in [0, 0.1) is 13.8 Å². The highest BCUT2D eigenvalue weighted by Gasteiger charge is 2.31. The first kappa shape index (κ1) is 22.9. The van der Waals surface area contributed by atoms with Gasteiger partial charge in [-0.2, -0.15) is 9.90 Å². The van der Waals surface area contributed by atoms with E-state index in [0.717, 1.165) is 17.0 Å². The van der Waals surface area contributed by atoms with E-state index in [0.29, 0.717) is 24.5 Å². The van der Waals surface area contributed by atoms with Crippen molar-refractivity contribution in [2.24, 2.45) is 0 Å². The van der Waals surface area contributed by atoms with Crippen LogP contribution in [0.4, 0.5) is 0 Å². The van der Waals surface area contributed by atoms with Gasteiger partial charge in [0, 0.05) is 24.8 Å². The first-order valence-corrected chi connectivity index (χ1v) is 12.5. The van der Waals surface area contributed by atoms with Crippen LogP contribution in [0.5, 0.6) is 5.75 Å². The molecule has 0 aliphatic carbocycles. The number of aromatic nitrogens is 6. The number of sulfone groups is 1. The number of hydrogen-bond acceptors (Lipinski definition) is 8. The van der Waals surface area contributed by atoms with Gasteiger partial charge in [-0.05, 0) is 37.6 Å². The van der Waals surface area contributed by atoms with E-state index in [1.165, 1.54) is 4.80 Å². The third-order valence-corrected chi connectivity index (χ3v) is 7.48. The van der Waals surface area contributed by atoms with Gasteiger partial charge < -0.3 is 9.64 Å². The Hall–Kier alpha value is -3.28. The van der Waals surface area contributed by atoms with E-state index < -0.39 is 9.84 Å². The summed E-state index contributed by atoms with van der Waals surface area (Å²) >= 11 is 0. The molecule has 0 saturated carbocycles. The molecule has 4 rings (SSSR count). The first-order valence-electron chi connectivity index (χ1n) is 10.7. The molecule has 1 aliphatic heterocycles. The number of carbonyl (C=O) groups excluding carboxylic acids is 1. The zero-order valence-electron chi connectivity index (χ0n) is 18.9. The van der Waals surface area contributed by atoms with Crippen molar-refractivity contribution in [3.8, 4) is 5.75 Å². The van der Waals surface area contributed by atoms with E-state index in [9.17, 15) is 13.2 Å². The normalized spacial score (nSPS) is 17.2. The smallest absolute Gasteiger partial charge is 0.246 e. The van der Waals surface area contributed by atoms with Crippen LogP contribution in [-0.2, 0) is 34.3 Å². The Morgan fingerprint density at radius 2 is 1.97 bits per heavy atom. The van der Waals surface area contributed by atoms with Crippen molar-refractivity contribution in [1.29, 1.82) is 0 Å². The number of ether oxygens (including phenoxy) is 1. The Labute approximate surface area is 192 Å². The fourth-order valence-corrected chi connectivity index (χ4v) is 5.57. The summed E-state index contributed by atoms with van der Waals surface area (Å²) < 4.78 is 31.1. The molecule has 0 radical (unpaired) electrons. The largest absolute Gasteiger partial charge is 0.485 e. The predicted molar refractivity (Wildman–Crippen MR) is 119 cm³/mol. The Morgan fingerprint density at radius 3 is 2.67 bits per heavy atom. The zero-order valence-corrected chi connectivity index (χ0v) is 19.7. The maximum Gasteiger partial charge on any atom is 0.246 e. The van der Waals surface area contributed by atoms with E-state index >= 15 is 0 Å². The monoisotopic (exact) mass is 473 g/mol. The lowest BCUT2D eigenvalue weighted by molar-refractivity contribution is -0.131. The van der Waals surface area contributed by atoms with E-state index in [-0.39, 0.29) is 36.6 Å². The second-order valence-corrected chi connectivity index (χ2v) is 10.5. The molecule has 3 aromatic rings. The Bertz CT molecular complexity index is 1240. The van der Waals surface area contributed by atoms with Crippen LogP contribution in [0.3, 0.4) is 0 Å². The van der Waals surface area contributed by atoms with E-state index in [2.05, 4.69) is 20.5 Å². The number of carbonyl (C=O) groups is 1. The highest BCUT2D eigenvalue weighted by molar-refractivity contribution is 7.91. The number of tetrazole rings is 1. The molecule has 1 unspecified atom stereocenters. The van der Waals surface area contributed by atoms with Crippen LogP contribution in [-0.4, -0.2) is 67.8 Å². The maximum absolute atomic E-state index is 12.7. The summed E-state index contributed by atoms with van der Waals surface area (Å²) in [6, 6.07) is 9.16. The van der Waals surface area contributed by atoms with Gasteiger partial charge in [-0.1, -0.05) is 18.2 Å². The summed E-state index contributed by atoms with van der Waals surface area (Å²) in [5.74, 6) is 1.20. The average molecular weight is 474 g/mol. The van der Waals surface area contributed by atoms with Crippen LogP contribution in [0.1, 0.15) is 35.2 Å². The number of benzene rings is 1. The second kappa shape index (κ2) is 9.30. The fourth-order valence-electron chi connectivity index (χ4n) is 3.88. The summed E-state index contributed by atoms with van der Waals surface area (Å²) in [6.45, 7) is 4.24. The molecule has 0 spiro atoms. The lowest BCUT2D eigenvalue weighted by atomic mass is 10.1. The van der Waals surface area contributed by atoms with Gasteiger partial charge in [-0.15, -0.1) is 10.2 Å². The van der Waals surface area contributed by atoms with Crippen molar-refractivity contribution in [1.82, 2.24) is 34.9 Å². The van der Waals surface area contributed by atoms with E-state index in [4.69, 9.17) is 4.74 Å². The van der Waals surface area contributed by atoms with Crippen molar-refractivity contribution in [3.63, 3.8) is 0 Å². The quantitative estimate of drug-likeness (QED) is 0.476. The number of aryl methyl sites for hydroxylation is 1. The SMILES string of the molecule is Cc1nn(C2CCS(=O)(=O)C2)c(C)c1CN(C)C(=O)Cn1nnc(COc2ccccc2)n1. The number of hydrogen-bond donors (Lipinski definition) is 0. The molecule has 11 nitrogen and oxygen atoms in total. The van der Waals surface area contributed by atoms with Crippen molar-refractivity contribution in [3.05, 3.63) is 53.1 Å². The lowest BCUT2D eigenvalue weighted by Gasteiger charge is -2.17. The molecular weight excluding hydrogens is 446 g/mol. The summed E-state index contributed by atoms with van der Waals surface area (Å²) in [6.07, 6.45) is 0.562. The number of nitrogens with zero attached hydrogens (tertiary/aromatic N) is 7. The minimum absolute atomic E-state index is 0.0536. The third-order valence-electron chi connectivity index (χ3n) is 5.73. The van der Waals surface area contributed by atoms with E-state index in [1.807, 2.05) is 44.2 Å². The van der Waals surface area contributed by atoms with Crippen LogP contribution in [0.2, 0.25) is 0 Å². The molecule has 12 heteroatoms. The van der Waals surface area contributed by atoms with Crippen molar-refractivity contribution in [2.75, 3.05) is 18.6 Å². The molecule has 0 bridgehead atoms. The minimum Gasteiger partial charge on any atom is -0.485 e. The van der Waals surface area contributed by atoms with Gasteiger partial charge in [-0.25, -0.2) is 8.42 Å². The average Bonchev–Trinajstić information content (AvgIpc) is 3.46. The molecule has 1 amide bonds. The molecule has 33 heavy (non-hydrogen) atoms. The topological polar surface area (TPSA) is 125 Å². The Morgan fingerprint density at radius 1 is 1.21 bits per heavy atom. The molecule has 1 saturated heterocycles. The molecule has 1 aliphatic rings. The maximum atomic E-state index is 12.7. The standard InChI is InChI=1S/C21H27N7O4S/c1-15-19(16(2)28(23-15)17-9-10-33(30,31)14-17)11-26(3)21(29)12-27-24-20(22-25-27)13-32-18-7-5-4-6-8-18/h4-8,17H,9-14H2,1-3H3. The van der Waals surface area contributed by atoms with Crippen LogP contribution in [0.15, 0.2) is 30.3 Å². The van der Waals surface area contributed by atoms with Gasteiger partial charge in [0.15, 0.2) is 16.4 Å². The predicted octanol–water partition coefficient (Wildman–Crippen LogP) is 1.08. The summed E-state index contributed by atoms with van der Waals surface area (Å²) in [4.78, 5) is 15.6. The lowest BCUT2D eigenvalue weighted by Crippen LogP contribution is -2.31. The summed E-state index contributed by atoms with van der Waals surface area (Å²) in [5.41, 5.74) is 2.59. The minimum atomic E-state index is -3.01. The number of likely N-dealkylation sites (N-methyl/N-ethyl adjacent to an activating group) is 1. The number of rotatable bonds is 8. The van der Waals surface area contributed by atoms with Gasteiger partial charge in [0.2, 0.25) is 11.7 Å². The molecule has 176 valence electrons. The van der Waals surface area contributed by atoms with Gasteiger partial charge in [0.05, 0.1) is 23.2 Å². The number of amides is 1. The third kappa shape index (κ3) is 5.38. The molecule has 2 aromatic heterocycles. The number of para-hydroxylation sites is 1. The molecule has 3 heterocycles. The van der Waals surface area contributed by atoms with Crippen LogP contribution in [0.25, 0.3) is 0 Å². The molecule has 1 aromatic carbocycles. The second-order valence-electron chi connectivity index (χ2n) is 8.24. The highest BCUT2D eigenvalue weighted by atomic mass is 32.2. The summed E-state index contributed by atoms with van der Waals surface area (Å²) in [5, 5.41) is 16.6. The molecule has 1 atom stereocenters. The highest BCUT2D eigenvalue weighted by Crippen LogP contribution is 2.27. The van der Waals surface area contributed by atoms with Crippen molar-refractivity contribution in [2.45, 2.75) is 46.0 Å². The Kier molecular flexibility index (Phi) is 6.45. The first-order chi connectivity index (χ1) is 15.7. The van der Waals surface area contributed by atoms with Crippen LogP contribution < -0.4 is 4.74 Å². The Balaban J connectivity index is 1.35. The van der Waals surface area contributed by atoms with E-state index in [1.54, 1.807) is 16.6 Å². The molecular formula is C21H27N7O4S. The zero-order chi connectivity index (χ0) is 23.6. The van der Waals surface area contributed by atoms with Gasteiger partial charge in [-0.3, -0.25) is 9.48 Å². The van der Waals surface area contributed by atoms with Crippen LogP contribution >= 0.6 is 0 Å². The molecule has 0 N–H and O–H groups in total. The molecule has 1 fully saturated rings. The fraction of sp³-hybridized carbons (Fsp3) is 0.476. The van der Waals surface area contributed by atoms with Crippen molar-refractivity contribution < 1.29 is 17.9 Å². The summed E-state index contributed by atoms with van der Waals surface area (Å²) in [7, 11) is -1.31. The van der Waals surface area contributed by atoms with Gasteiger partial charge in [0.1, 0.15) is 12.3 Å². The van der Waals surface area contributed by atoms with Crippen molar-refractivity contribution >= 4 is 15.7 Å². The van der Waals surface area contributed by atoms with Gasteiger partial charge >= 0.3 is 0 Å².